The predicted octanol–water partition coefficient (Wildman–Crippen LogP) is 5.24. The summed E-state index contributed by atoms with van der Waals surface area (Å²) in [4.78, 5) is 2.59. The smallest absolute Gasteiger partial charge is 0.119 e. The molecule has 140 valence electrons. The first kappa shape index (κ1) is 17.2. The number of aromatic nitrogens is 1. The van der Waals surface area contributed by atoms with Crippen LogP contribution in [0.1, 0.15) is 35.7 Å². The van der Waals surface area contributed by atoms with Crippen molar-refractivity contribution < 1.29 is 4.74 Å². The number of halogens is 1. The number of hydrogen-bond donors (Lipinski definition) is 0. The molecule has 1 aromatic heterocycles. The van der Waals surface area contributed by atoms with E-state index < -0.39 is 0 Å². The molecule has 0 N–H and O–H groups in total. The molecule has 1 fully saturated rings. The molecular formula is C23H25ClN2O. The molecule has 3 aromatic rings. The standard InChI is InChI=1S/C23H25ClN2O/c1-25-17-7-9-21(25)23-19-14-18(27-2)8-10-20(19)26(22(23)13-17)12-11-15-3-5-16(24)6-4-15/h3-6,8,10,14,17,21H,7,9,11-13H2,1-2H3/t17-,21+/m0/s1. The van der Waals surface area contributed by atoms with E-state index in [0.29, 0.717) is 12.1 Å². The maximum atomic E-state index is 6.04. The Balaban J connectivity index is 1.59. The zero-order chi connectivity index (χ0) is 18.5. The van der Waals surface area contributed by atoms with Crippen LogP contribution in [0.2, 0.25) is 5.02 Å². The van der Waals surface area contributed by atoms with E-state index in [1.54, 1.807) is 7.11 Å². The Labute approximate surface area is 165 Å². The van der Waals surface area contributed by atoms with Crippen LogP contribution in [0.15, 0.2) is 42.5 Å². The lowest BCUT2D eigenvalue weighted by Gasteiger charge is -2.32. The molecule has 2 aliphatic heterocycles. The predicted molar refractivity (Wildman–Crippen MR) is 111 cm³/mol. The highest BCUT2D eigenvalue weighted by atomic mass is 35.5. The minimum Gasteiger partial charge on any atom is -0.497 e. The summed E-state index contributed by atoms with van der Waals surface area (Å²) in [6.45, 7) is 1.00. The summed E-state index contributed by atoms with van der Waals surface area (Å²) in [5, 5.41) is 2.17. The second-order valence-corrected chi connectivity index (χ2v) is 8.32. The number of aryl methyl sites for hydroxylation is 2. The summed E-state index contributed by atoms with van der Waals surface area (Å²) >= 11 is 6.04. The fraction of sp³-hybridized carbons (Fsp3) is 0.391. The van der Waals surface area contributed by atoms with Crippen molar-refractivity contribution in [1.29, 1.82) is 0 Å². The van der Waals surface area contributed by atoms with Crippen molar-refractivity contribution in [2.45, 2.75) is 44.3 Å². The Bertz CT molecular complexity index is 992. The monoisotopic (exact) mass is 380 g/mol. The Kier molecular flexibility index (Phi) is 4.18. The van der Waals surface area contributed by atoms with Crippen molar-refractivity contribution in [3.8, 4) is 5.75 Å². The van der Waals surface area contributed by atoms with Crippen LogP contribution in [0.4, 0.5) is 0 Å². The summed E-state index contributed by atoms with van der Waals surface area (Å²) in [5.74, 6) is 0.947. The topological polar surface area (TPSA) is 17.4 Å². The molecule has 0 amide bonds. The molecule has 5 rings (SSSR count). The van der Waals surface area contributed by atoms with Gasteiger partial charge < -0.3 is 9.30 Å². The van der Waals surface area contributed by atoms with E-state index >= 15 is 0 Å². The molecule has 2 atom stereocenters. The van der Waals surface area contributed by atoms with Crippen molar-refractivity contribution in [1.82, 2.24) is 9.47 Å². The zero-order valence-electron chi connectivity index (χ0n) is 15.9. The van der Waals surface area contributed by atoms with Gasteiger partial charge in [0.1, 0.15) is 5.75 Å². The largest absolute Gasteiger partial charge is 0.497 e. The van der Waals surface area contributed by atoms with E-state index in [9.17, 15) is 0 Å². The maximum Gasteiger partial charge on any atom is 0.119 e. The number of nitrogens with zero attached hydrogens (tertiary/aromatic N) is 2. The first-order valence-electron chi connectivity index (χ1n) is 9.81. The first-order chi connectivity index (χ1) is 13.2. The van der Waals surface area contributed by atoms with Crippen LogP contribution in [0.3, 0.4) is 0 Å². The summed E-state index contributed by atoms with van der Waals surface area (Å²) in [6, 6.07) is 16.0. The van der Waals surface area contributed by atoms with E-state index in [1.165, 1.54) is 40.6 Å². The van der Waals surface area contributed by atoms with E-state index in [2.05, 4.69) is 46.8 Å². The summed E-state index contributed by atoms with van der Waals surface area (Å²) < 4.78 is 8.10. The average Bonchev–Trinajstić information content (AvgIpc) is 3.10. The van der Waals surface area contributed by atoms with Crippen LogP contribution < -0.4 is 4.74 Å². The van der Waals surface area contributed by atoms with Crippen molar-refractivity contribution in [3.05, 3.63) is 64.3 Å². The fourth-order valence-electron chi connectivity index (χ4n) is 5.11. The molecule has 4 heteroatoms. The number of methoxy groups -OCH3 is 1. The fourth-order valence-corrected chi connectivity index (χ4v) is 5.23. The van der Waals surface area contributed by atoms with Crippen LogP contribution in [-0.2, 0) is 19.4 Å². The van der Waals surface area contributed by atoms with Gasteiger partial charge in [-0.1, -0.05) is 23.7 Å². The highest BCUT2D eigenvalue weighted by Gasteiger charge is 2.40. The molecule has 0 saturated carbocycles. The lowest BCUT2D eigenvalue weighted by Crippen LogP contribution is -2.34. The normalized spacial score (nSPS) is 21.6. The molecule has 2 aliphatic rings. The SMILES string of the molecule is COc1ccc2c(c1)c1c(n2CCc2ccc(Cl)cc2)C[C@@H]2CC[C@H]1N2C. The van der Waals surface area contributed by atoms with Crippen LogP contribution in [0.5, 0.6) is 5.75 Å². The molecule has 0 spiro atoms. The van der Waals surface area contributed by atoms with E-state index in [0.717, 1.165) is 30.2 Å². The second kappa shape index (κ2) is 6.57. The number of hydrogen-bond acceptors (Lipinski definition) is 2. The Morgan fingerprint density at radius 3 is 2.70 bits per heavy atom. The third-order valence-electron chi connectivity index (χ3n) is 6.56. The molecule has 3 heterocycles. The van der Waals surface area contributed by atoms with Crippen molar-refractivity contribution >= 4 is 22.5 Å². The minimum absolute atomic E-state index is 0.546. The van der Waals surface area contributed by atoms with Crippen molar-refractivity contribution in [3.63, 3.8) is 0 Å². The van der Waals surface area contributed by atoms with Crippen LogP contribution >= 0.6 is 11.6 Å². The van der Waals surface area contributed by atoms with Gasteiger partial charge in [0.25, 0.3) is 0 Å². The van der Waals surface area contributed by atoms with Gasteiger partial charge >= 0.3 is 0 Å². The Hall–Kier alpha value is -1.97. The quantitative estimate of drug-likeness (QED) is 0.616. The number of benzene rings is 2. The van der Waals surface area contributed by atoms with Gasteiger partial charge in [0, 0.05) is 46.7 Å². The molecule has 0 radical (unpaired) electrons. The van der Waals surface area contributed by atoms with Gasteiger partial charge in [-0.2, -0.15) is 0 Å². The van der Waals surface area contributed by atoms with Crippen LogP contribution in [0.25, 0.3) is 10.9 Å². The summed E-state index contributed by atoms with van der Waals surface area (Å²) in [7, 11) is 4.05. The third-order valence-corrected chi connectivity index (χ3v) is 6.81. The van der Waals surface area contributed by atoms with Crippen molar-refractivity contribution in [2.75, 3.05) is 14.2 Å². The van der Waals surface area contributed by atoms with Gasteiger partial charge in [0.05, 0.1) is 7.11 Å². The molecule has 1 saturated heterocycles. The van der Waals surface area contributed by atoms with E-state index in [4.69, 9.17) is 16.3 Å². The number of ether oxygens (including phenoxy) is 1. The van der Waals surface area contributed by atoms with Gasteiger partial charge in [-0.15, -0.1) is 0 Å². The van der Waals surface area contributed by atoms with Gasteiger partial charge in [-0.05, 0) is 67.8 Å². The molecule has 2 aromatic carbocycles. The highest BCUT2D eigenvalue weighted by molar-refractivity contribution is 6.30. The molecule has 3 nitrogen and oxygen atoms in total. The van der Waals surface area contributed by atoms with Gasteiger partial charge in [0.15, 0.2) is 0 Å². The highest BCUT2D eigenvalue weighted by Crippen LogP contribution is 2.47. The molecule has 0 unspecified atom stereocenters. The third kappa shape index (κ3) is 2.76. The average molecular weight is 381 g/mol. The first-order valence-corrected chi connectivity index (χ1v) is 10.2. The minimum atomic E-state index is 0.546. The lowest BCUT2D eigenvalue weighted by molar-refractivity contribution is 0.222. The molecular weight excluding hydrogens is 356 g/mol. The van der Waals surface area contributed by atoms with Crippen LogP contribution in [0, 0.1) is 0 Å². The lowest BCUT2D eigenvalue weighted by atomic mass is 9.97. The number of rotatable bonds is 4. The zero-order valence-corrected chi connectivity index (χ0v) is 16.7. The molecule has 27 heavy (non-hydrogen) atoms. The second-order valence-electron chi connectivity index (χ2n) is 7.89. The summed E-state index contributed by atoms with van der Waals surface area (Å²) in [6.07, 6.45) is 4.74. The van der Waals surface area contributed by atoms with E-state index in [1.807, 2.05) is 12.1 Å². The number of fused-ring (bicyclic) bond motifs is 6. The van der Waals surface area contributed by atoms with Gasteiger partial charge in [-0.25, -0.2) is 0 Å². The van der Waals surface area contributed by atoms with Gasteiger partial charge in [0.2, 0.25) is 0 Å². The molecule has 0 aliphatic carbocycles. The maximum absolute atomic E-state index is 6.04. The Morgan fingerprint density at radius 2 is 1.93 bits per heavy atom. The van der Waals surface area contributed by atoms with Crippen molar-refractivity contribution in [2.24, 2.45) is 0 Å². The van der Waals surface area contributed by atoms with Gasteiger partial charge in [-0.3, -0.25) is 4.90 Å². The summed E-state index contributed by atoms with van der Waals surface area (Å²) in [5.41, 5.74) is 5.75. The number of likely N-dealkylation sites (N-methyl/N-ethyl adjacent to an activating group) is 1. The van der Waals surface area contributed by atoms with E-state index in [-0.39, 0.29) is 0 Å². The Morgan fingerprint density at radius 1 is 1.11 bits per heavy atom. The molecule has 2 bridgehead atoms. The van der Waals surface area contributed by atoms with Crippen LogP contribution in [-0.4, -0.2) is 29.7 Å².